The van der Waals surface area contributed by atoms with Crippen molar-refractivity contribution in [3.63, 3.8) is 0 Å². The Kier molecular flexibility index (Phi) is 2.37. The van der Waals surface area contributed by atoms with Gasteiger partial charge in [-0.3, -0.25) is 0 Å². The predicted molar refractivity (Wildman–Crippen MR) is 71.6 cm³/mol. The number of hydrogen-bond donors (Lipinski definition) is 1. The Hall–Kier alpha value is -1.80. The van der Waals surface area contributed by atoms with E-state index in [-0.39, 0.29) is 0 Å². The van der Waals surface area contributed by atoms with Crippen molar-refractivity contribution in [1.29, 1.82) is 0 Å². The number of aliphatic imine (C=N–C) groups is 1. The summed E-state index contributed by atoms with van der Waals surface area (Å²) in [6.07, 6.45) is 1.81. The fourth-order valence-electron chi connectivity index (χ4n) is 1.90. The van der Waals surface area contributed by atoms with Gasteiger partial charge in [-0.25, -0.2) is 4.99 Å². The second-order valence-corrected chi connectivity index (χ2v) is 4.51. The molecule has 1 aliphatic heterocycles. The molecule has 1 unspecified atom stereocenters. The number of halogens is 1. The topological polar surface area (TPSA) is 24.4 Å². The lowest BCUT2D eigenvalue weighted by Gasteiger charge is -2.29. The van der Waals surface area contributed by atoms with Crippen LogP contribution in [0.1, 0.15) is 11.1 Å². The molecule has 0 saturated heterocycles. The average Bonchev–Trinajstić information content (AvgIpc) is 2.40. The highest BCUT2D eigenvalue weighted by Crippen LogP contribution is 2.35. The number of alkyl halides is 1. The highest BCUT2D eigenvalue weighted by Gasteiger charge is 2.30. The molecular weight excluding hydrogens is 232 g/mol. The second-order valence-electron chi connectivity index (χ2n) is 3.96. The molecule has 0 amide bonds. The number of nitrogens with one attached hydrogen (secondary N) is 1. The van der Waals surface area contributed by atoms with Gasteiger partial charge in [0, 0.05) is 23.0 Å². The van der Waals surface area contributed by atoms with Crippen molar-refractivity contribution < 1.29 is 0 Å². The predicted octanol–water partition coefficient (Wildman–Crippen LogP) is 3.58. The van der Waals surface area contributed by atoms with Gasteiger partial charge < -0.3 is 5.32 Å². The lowest BCUT2D eigenvalue weighted by molar-refractivity contribution is 0.740. The first-order valence-corrected chi connectivity index (χ1v) is 5.83. The van der Waals surface area contributed by atoms with Gasteiger partial charge in [0.15, 0.2) is 0 Å². The molecule has 0 saturated carbocycles. The van der Waals surface area contributed by atoms with E-state index in [1.165, 1.54) is 0 Å². The van der Waals surface area contributed by atoms with Crippen molar-refractivity contribution in [2.45, 2.75) is 5.12 Å². The number of fused-ring (bicyclic) bond motifs is 1. The van der Waals surface area contributed by atoms with Crippen molar-refractivity contribution in [3.8, 4) is 0 Å². The van der Waals surface area contributed by atoms with E-state index in [9.17, 15) is 0 Å². The Morgan fingerprint density at radius 3 is 2.47 bits per heavy atom. The highest BCUT2D eigenvalue weighted by molar-refractivity contribution is 6.26. The summed E-state index contributed by atoms with van der Waals surface area (Å²) < 4.78 is 0. The molecule has 0 bridgehead atoms. The summed E-state index contributed by atoms with van der Waals surface area (Å²) in [5.74, 6) is 0. The Morgan fingerprint density at radius 1 is 0.941 bits per heavy atom. The monoisotopic (exact) mass is 242 g/mol. The summed E-state index contributed by atoms with van der Waals surface area (Å²) in [6.45, 7) is 0. The molecule has 2 aromatic rings. The minimum Gasteiger partial charge on any atom is -0.344 e. The molecule has 0 fully saturated rings. The zero-order valence-electron chi connectivity index (χ0n) is 9.10. The number of hydrogen-bond acceptors (Lipinski definition) is 2. The maximum atomic E-state index is 6.52. The fourth-order valence-corrected chi connectivity index (χ4v) is 2.17. The lowest BCUT2D eigenvalue weighted by atomic mass is 10.1. The third-order valence-electron chi connectivity index (χ3n) is 2.80. The normalized spacial score (nSPS) is 21.7. The summed E-state index contributed by atoms with van der Waals surface area (Å²) in [4.78, 5) is 4.40. The van der Waals surface area contributed by atoms with Crippen LogP contribution in [0.3, 0.4) is 0 Å². The van der Waals surface area contributed by atoms with Crippen LogP contribution in [0, 0.1) is 0 Å². The fraction of sp³-hybridized carbons (Fsp3) is 0.0714. The molecule has 1 heterocycles. The highest BCUT2D eigenvalue weighted by atomic mass is 35.5. The molecule has 84 valence electrons. The van der Waals surface area contributed by atoms with Crippen LogP contribution in [0.15, 0.2) is 59.6 Å². The summed E-state index contributed by atoms with van der Waals surface area (Å²) in [5, 5.41) is 2.36. The van der Waals surface area contributed by atoms with Crippen molar-refractivity contribution in [2.75, 3.05) is 5.32 Å². The quantitative estimate of drug-likeness (QED) is 0.600. The van der Waals surface area contributed by atoms with Crippen LogP contribution in [-0.4, -0.2) is 6.21 Å². The van der Waals surface area contributed by atoms with Crippen LogP contribution in [0.25, 0.3) is 0 Å². The van der Waals surface area contributed by atoms with E-state index in [0.717, 1.165) is 16.8 Å². The van der Waals surface area contributed by atoms with Gasteiger partial charge in [0.1, 0.15) is 0 Å². The minimum atomic E-state index is -0.893. The van der Waals surface area contributed by atoms with Gasteiger partial charge in [0.05, 0.1) is 0 Å². The molecule has 1 atom stereocenters. The third-order valence-corrected chi connectivity index (χ3v) is 3.21. The molecule has 1 N–H and O–H groups in total. The molecular formula is C14H11ClN2. The summed E-state index contributed by atoms with van der Waals surface area (Å²) in [5.41, 5.74) is 2.99. The first-order chi connectivity index (χ1) is 8.28. The van der Waals surface area contributed by atoms with Gasteiger partial charge in [-0.15, -0.1) is 0 Å². The lowest BCUT2D eigenvalue weighted by Crippen LogP contribution is -2.30. The largest absolute Gasteiger partial charge is 0.344 e. The second kappa shape index (κ2) is 3.90. The number of para-hydroxylation sites is 1. The molecule has 2 nitrogen and oxygen atoms in total. The summed E-state index contributed by atoms with van der Waals surface area (Å²) >= 11 is 6.52. The van der Waals surface area contributed by atoms with Crippen molar-refractivity contribution in [3.05, 3.63) is 65.7 Å². The maximum absolute atomic E-state index is 6.52. The van der Waals surface area contributed by atoms with Gasteiger partial charge in [-0.2, -0.15) is 0 Å². The SMILES string of the molecule is ClC1(c2ccccc2)N=Cc2ccccc2N1. The van der Waals surface area contributed by atoms with Crippen LogP contribution >= 0.6 is 11.6 Å². The number of benzene rings is 2. The maximum Gasteiger partial charge on any atom is 0.232 e. The molecule has 0 aliphatic carbocycles. The van der Waals surface area contributed by atoms with Gasteiger partial charge >= 0.3 is 0 Å². The van der Waals surface area contributed by atoms with Crippen LogP contribution in [0.2, 0.25) is 0 Å². The standard InChI is InChI=1S/C14H11ClN2/c15-14(12-7-2-1-3-8-12)16-10-11-6-4-5-9-13(11)17-14/h1-10,17H. The van der Waals surface area contributed by atoms with Crippen LogP contribution in [0.4, 0.5) is 5.69 Å². The first kappa shape index (κ1) is 10.4. The number of rotatable bonds is 1. The van der Waals surface area contributed by atoms with Crippen molar-refractivity contribution in [2.24, 2.45) is 4.99 Å². The van der Waals surface area contributed by atoms with Crippen LogP contribution < -0.4 is 5.32 Å². The van der Waals surface area contributed by atoms with Crippen molar-refractivity contribution >= 4 is 23.5 Å². The number of anilines is 1. The molecule has 3 rings (SSSR count). The minimum absolute atomic E-state index is 0.893. The van der Waals surface area contributed by atoms with Crippen LogP contribution in [0.5, 0.6) is 0 Å². The van der Waals surface area contributed by atoms with Gasteiger partial charge in [-0.05, 0) is 6.07 Å². The van der Waals surface area contributed by atoms with Gasteiger partial charge in [0.25, 0.3) is 0 Å². The molecule has 0 aromatic heterocycles. The molecule has 1 aliphatic rings. The molecule has 2 aromatic carbocycles. The Labute approximate surface area is 105 Å². The van der Waals surface area contributed by atoms with E-state index >= 15 is 0 Å². The molecule has 0 spiro atoms. The number of nitrogens with zero attached hydrogens (tertiary/aromatic N) is 1. The average molecular weight is 243 g/mol. The van der Waals surface area contributed by atoms with E-state index in [1.807, 2.05) is 60.8 Å². The first-order valence-electron chi connectivity index (χ1n) is 5.45. The Bertz CT molecular complexity index is 565. The third kappa shape index (κ3) is 1.81. The van der Waals surface area contributed by atoms with E-state index in [2.05, 4.69) is 10.3 Å². The van der Waals surface area contributed by atoms with Gasteiger partial charge in [-0.1, -0.05) is 60.1 Å². The van der Waals surface area contributed by atoms with E-state index in [0.29, 0.717) is 0 Å². The zero-order chi connectivity index (χ0) is 11.7. The van der Waals surface area contributed by atoms with Gasteiger partial charge in [0.2, 0.25) is 5.12 Å². The molecule has 0 radical (unpaired) electrons. The van der Waals surface area contributed by atoms with E-state index < -0.39 is 5.12 Å². The van der Waals surface area contributed by atoms with E-state index in [1.54, 1.807) is 0 Å². The molecule has 17 heavy (non-hydrogen) atoms. The van der Waals surface area contributed by atoms with Crippen molar-refractivity contribution in [1.82, 2.24) is 0 Å². The Balaban J connectivity index is 2.04. The summed E-state index contributed by atoms with van der Waals surface area (Å²) in [6, 6.07) is 17.8. The van der Waals surface area contributed by atoms with E-state index in [4.69, 9.17) is 11.6 Å². The smallest absolute Gasteiger partial charge is 0.232 e. The zero-order valence-corrected chi connectivity index (χ0v) is 9.85. The summed E-state index contributed by atoms with van der Waals surface area (Å²) in [7, 11) is 0. The van der Waals surface area contributed by atoms with Crippen LogP contribution in [-0.2, 0) is 5.12 Å². The Morgan fingerprint density at radius 2 is 1.65 bits per heavy atom. The molecule has 3 heteroatoms.